The first-order chi connectivity index (χ1) is 14.1. The van der Waals surface area contributed by atoms with Crippen molar-refractivity contribution in [3.05, 3.63) is 24.3 Å². The van der Waals surface area contributed by atoms with Gasteiger partial charge in [0.25, 0.3) is 5.91 Å². The summed E-state index contributed by atoms with van der Waals surface area (Å²) >= 11 is 1.76. The molecule has 0 radical (unpaired) electrons. The SMILES string of the molecule is CC1CC(C)(C)CC2(C1)NC(=O)N(CC(=O)N1CCC(C)Sc3ccccc31)C2=O. The minimum atomic E-state index is -0.875. The lowest BCUT2D eigenvalue weighted by molar-refractivity contribution is -0.137. The Labute approximate surface area is 182 Å². The van der Waals surface area contributed by atoms with Crippen molar-refractivity contribution in [2.45, 2.75) is 69.1 Å². The molecule has 2 heterocycles. The molecule has 1 N–H and O–H groups in total. The third-order valence-corrected chi connectivity index (χ3v) is 7.70. The molecule has 3 atom stereocenters. The topological polar surface area (TPSA) is 69.7 Å². The van der Waals surface area contributed by atoms with Gasteiger partial charge in [-0.05, 0) is 49.1 Å². The Morgan fingerprint density at radius 2 is 1.93 bits per heavy atom. The smallest absolute Gasteiger partial charge is 0.323 e. The van der Waals surface area contributed by atoms with Crippen LogP contribution in [0, 0.1) is 11.3 Å². The van der Waals surface area contributed by atoms with Crippen LogP contribution in [0.4, 0.5) is 10.5 Å². The number of carbonyl (C=O) groups is 3. The number of thioether (sulfide) groups is 1. The highest BCUT2D eigenvalue weighted by Gasteiger charge is 2.56. The highest BCUT2D eigenvalue weighted by molar-refractivity contribution is 8.00. The lowest BCUT2D eigenvalue weighted by Gasteiger charge is -2.43. The van der Waals surface area contributed by atoms with Gasteiger partial charge in [0.1, 0.15) is 12.1 Å². The molecule has 1 aliphatic carbocycles. The van der Waals surface area contributed by atoms with Crippen LogP contribution in [0.2, 0.25) is 0 Å². The van der Waals surface area contributed by atoms with Crippen molar-refractivity contribution in [3.63, 3.8) is 0 Å². The van der Waals surface area contributed by atoms with Crippen LogP contribution in [0.15, 0.2) is 29.2 Å². The Hall–Kier alpha value is -2.02. The summed E-state index contributed by atoms with van der Waals surface area (Å²) in [4.78, 5) is 43.4. The Bertz CT molecular complexity index is 886. The van der Waals surface area contributed by atoms with E-state index >= 15 is 0 Å². The zero-order valence-corrected chi connectivity index (χ0v) is 19.1. The molecular weight excluding hydrogens is 398 g/mol. The summed E-state index contributed by atoms with van der Waals surface area (Å²) in [5.74, 6) is -0.114. The molecule has 7 heteroatoms. The van der Waals surface area contributed by atoms with E-state index in [2.05, 4.69) is 33.0 Å². The summed E-state index contributed by atoms with van der Waals surface area (Å²) in [6, 6.07) is 7.42. The first-order valence-electron chi connectivity index (χ1n) is 10.8. The number of para-hydroxylation sites is 1. The van der Waals surface area contributed by atoms with Crippen molar-refractivity contribution in [2.24, 2.45) is 11.3 Å². The second-order valence-electron chi connectivity index (χ2n) is 9.99. The number of hydrogen-bond donors (Lipinski definition) is 1. The van der Waals surface area contributed by atoms with Gasteiger partial charge in [-0.15, -0.1) is 11.8 Å². The number of carbonyl (C=O) groups excluding carboxylic acids is 3. The number of imide groups is 1. The first-order valence-corrected chi connectivity index (χ1v) is 11.7. The van der Waals surface area contributed by atoms with E-state index in [4.69, 9.17) is 0 Å². The molecule has 1 saturated heterocycles. The van der Waals surface area contributed by atoms with Crippen LogP contribution in [0.5, 0.6) is 0 Å². The second-order valence-corrected chi connectivity index (χ2v) is 11.5. The third kappa shape index (κ3) is 3.84. The van der Waals surface area contributed by atoms with E-state index < -0.39 is 11.6 Å². The second kappa shape index (κ2) is 7.59. The number of rotatable bonds is 2. The molecule has 2 fully saturated rings. The van der Waals surface area contributed by atoms with E-state index in [0.717, 1.165) is 28.3 Å². The Balaban J connectivity index is 1.55. The molecule has 2 aliphatic heterocycles. The van der Waals surface area contributed by atoms with Crippen molar-refractivity contribution >= 4 is 35.3 Å². The molecule has 3 unspecified atom stereocenters. The zero-order chi connectivity index (χ0) is 21.7. The highest BCUT2D eigenvalue weighted by Crippen LogP contribution is 2.46. The predicted octanol–water partition coefficient (Wildman–Crippen LogP) is 4.04. The van der Waals surface area contributed by atoms with Crippen LogP contribution in [-0.4, -0.2) is 46.6 Å². The highest BCUT2D eigenvalue weighted by atomic mass is 32.2. The standard InChI is InChI=1S/C23H31N3O3S/c1-15-11-22(3,4)14-23(12-15)20(28)26(21(29)24-23)13-19(27)25-10-9-16(2)30-18-8-6-5-7-17(18)25/h5-8,15-16H,9-14H2,1-4H3,(H,24,29). The molecule has 0 bridgehead atoms. The van der Waals surface area contributed by atoms with Crippen LogP contribution in [0.25, 0.3) is 0 Å². The van der Waals surface area contributed by atoms with Crippen molar-refractivity contribution in [2.75, 3.05) is 18.0 Å². The number of urea groups is 1. The van der Waals surface area contributed by atoms with E-state index in [1.807, 2.05) is 24.3 Å². The van der Waals surface area contributed by atoms with E-state index in [0.29, 0.717) is 30.6 Å². The molecular formula is C23H31N3O3S. The molecule has 1 saturated carbocycles. The Morgan fingerprint density at radius 1 is 1.20 bits per heavy atom. The van der Waals surface area contributed by atoms with Crippen molar-refractivity contribution in [3.8, 4) is 0 Å². The van der Waals surface area contributed by atoms with E-state index in [1.165, 1.54) is 0 Å². The van der Waals surface area contributed by atoms with E-state index in [9.17, 15) is 14.4 Å². The molecule has 1 aromatic rings. The molecule has 4 amide bonds. The number of nitrogens with one attached hydrogen (secondary N) is 1. The summed E-state index contributed by atoms with van der Waals surface area (Å²) in [6.45, 7) is 8.94. The minimum Gasteiger partial charge on any atom is -0.323 e. The fraction of sp³-hybridized carbons (Fsp3) is 0.609. The van der Waals surface area contributed by atoms with Crippen LogP contribution < -0.4 is 10.2 Å². The third-order valence-electron chi connectivity index (χ3n) is 6.46. The molecule has 162 valence electrons. The van der Waals surface area contributed by atoms with Crippen LogP contribution in [0.1, 0.15) is 53.4 Å². The average molecular weight is 430 g/mol. The summed E-state index contributed by atoms with van der Waals surface area (Å²) < 4.78 is 0. The van der Waals surface area contributed by atoms with Gasteiger partial charge in [-0.3, -0.25) is 14.5 Å². The van der Waals surface area contributed by atoms with Crippen LogP contribution in [-0.2, 0) is 9.59 Å². The fourth-order valence-electron chi connectivity index (χ4n) is 5.62. The summed E-state index contributed by atoms with van der Waals surface area (Å²) in [5, 5.41) is 3.36. The van der Waals surface area contributed by atoms with Crippen molar-refractivity contribution in [1.29, 1.82) is 0 Å². The van der Waals surface area contributed by atoms with Gasteiger partial charge >= 0.3 is 6.03 Å². The predicted molar refractivity (Wildman–Crippen MR) is 119 cm³/mol. The number of nitrogens with zero attached hydrogens (tertiary/aromatic N) is 2. The van der Waals surface area contributed by atoms with Gasteiger partial charge in [-0.1, -0.05) is 39.8 Å². The number of fused-ring (bicyclic) bond motifs is 1. The van der Waals surface area contributed by atoms with Crippen LogP contribution in [0.3, 0.4) is 0 Å². The molecule has 3 aliphatic rings. The monoisotopic (exact) mass is 429 g/mol. The molecule has 4 rings (SSSR count). The average Bonchev–Trinajstić information content (AvgIpc) is 2.78. The maximum Gasteiger partial charge on any atom is 0.325 e. The molecule has 0 aromatic heterocycles. The van der Waals surface area contributed by atoms with Crippen molar-refractivity contribution in [1.82, 2.24) is 10.2 Å². The van der Waals surface area contributed by atoms with Gasteiger partial charge in [-0.2, -0.15) is 0 Å². The van der Waals surface area contributed by atoms with Gasteiger partial charge in [0.15, 0.2) is 0 Å². The Kier molecular flexibility index (Phi) is 5.37. The lowest BCUT2D eigenvalue weighted by atomic mass is 9.64. The quantitative estimate of drug-likeness (QED) is 0.721. The first kappa shape index (κ1) is 21.2. The minimum absolute atomic E-state index is 0.0300. The normalized spacial score (nSPS) is 30.8. The molecule has 1 aromatic carbocycles. The van der Waals surface area contributed by atoms with Gasteiger partial charge in [0.2, 0.25) is 5.91 Å². The molecule has 30 heavy (non-hydrogen) atoms. The number of benzene rings is 1. The fourth-order valence-corrected chi connectivity index (χ4v) is 6.73. The van der Waals surface area contributed by atoms with Gasteiger partial charge in [0.05, 0.1) is 5.69 Å². The molecule has 6 nitrogen and oxygen atoms in total. The van der Waals surface area contributed by atoms with Gasteiger partial charge in [-0.25, -0.2) is 4.79 Å². The number of anilines is 1. The summed E-state index contributed by atoms with van der Waals surface area (Å²) in [5.41, 5.74) is -0.0387. The number of amides is 4. The Morgan fingerprint density at radius 3 is 2.67 bits per heavy atom. The lowest BCUT2D eigenvalue weighted by Crippen LogP contribution is -2.54. The van der Waals surface area contributed by atoms with Gasteiger partial charge < -0.3 is 10.2 Å². The molecule has 1 spiro atoms. The van der Waals surface area contributed by atoms with E-state index in [1.54, 1.807) is 16.7 Å². The number of hydrogen-bond acceptors (Lipinski definition) is 4. The van der Waals surface area contributed by atoms with Gasteiger partial charge in [0, 0.05) is 16.7 Å². The summed E-state index contributed by atoms with van der Waals surface area (Å²) in [7, 11) is 0. The van der Waals surface area contributed by atoms with E-state index in [-0.39, 0.29) is 23.8 Å². The largest absolute Gasteiger partial charge is 0.325 e. The maximum atomic E-state index is 13.4. The van der Waals surface area contributed by atoms with Crippen LogP contribution >= 0.6 is 11.8 Å². The maximum absolute atomic E-state index is 13.4. The van der Waals surface area contributed by atoms with Crippen molar-refractivity contribution < 1.29 is 14.4 Å². The zero-order valence-electron chi connectivity index (χ0n) is 18.2. The summed E-state index contributed by atoms with van der Waals surface area (Å²) in [6.07, 6.45) is 3.13.